The zero-order valence-electron chi connectivity index (χ0n) is 18.6. The van der Waals surface area contributed by atoms with E-state index in [1.165, 1.54) is 6.07 Å². The van der Waals surface area contributed by atoms with Crippen LogP contribution in [-0.4, -0.2) is 24.2 Å². The molecule has 6 nitrogen and oxygen atoms in total. The number of aryl methyl sites for hydroxylation is 2. The maximum Gasteiger partial charge on any atom is 0.336 e. The molecule has 0 atom stereocenters. The average Bonchev–Trinajstić information content (AvgIpc) is 2.78. The van der Waals surface area contributed by atoms with Gasteiger partial charge in [-0.1, -0.05) is 36.2 Å². The topological polar surface area (TPSA) is 69.0 Å². The summed E-state index contributed by atoms with van der Waals surface area (Å²) in [5.41, 5.74) is 3.53. The molecule has 4 rings (SSSR count). The summed E-state index contributed by atoms with van der Waals surface area (Å²) in [5.74, 6) is 0.426. The first-order chi connectivity index (χ1) is 15.9. The van der Waals surface area contributed by atoms with E-state index < -0.39 is 5.63 Å². The molecular formula is C25H25Cl2NO5. The Morgan fingerprint density at radius 1 is 1.18 bits per heavy atom. The fourth-order valence-corrected chi connectivity index (χ4v) is 4.48. The Hall–Kier alpha value is -2.54. The van der Waals surface area contributed by atoms with Crippen LogP contribution in [0.1, 0.15) is 42.0 Å². The van der Waals surface area contributed by atoms with Gasteiger partial charge in [-0.25, -0.2) is 4.79 Å². The van der Waals surface area contributed by atoms with E-state index in [2.05, 4.69) is 4.90 Å². The van der Waals surface area contributed by atoms with Crippen molar-refractivity contribution in [1.82, 2.24) is 4.90 Å². The summed E-state index contributed by atoms with van der Waals surface area (Å²) in [7, 11) is 0. The molecule has 0 aliphatic carbocycles. The van der Waals surface area contributed by atoms with Gasteiger partial charge in [0.05, 0.1) is 12.2 Å². The smallest absolute Gasteiger partial charge is 0.336 e. The molecule has 0 amide bonds. The van der Waals surface area contributed by atoms with Gasteiger partial charge in [0.15, 0.2) is 0 Å². The minimum Gasteiger partial charge on any atom is -0.477 e. The SMILES string of the molecule is CCCOC(=O)CCc1cc2c(C)cc(=O)oc2c2c1OCN(Cc1ccc(Cl)cc1Cl)C2. The first-order valence-corrected chi connectivity index (χ1v) is 11.6. The Kier molecular flexibility index (Phi) is 7.27. The number of esters is 1. The molecule has 0 N–H and O–H groups in total. The quantitative estimate of drug-likeness (QED) is 0.315. The van der Waals surface area contributed by atoms with Gasteiger partial charge < -0.3 is 13.9 Å². The molecule has 0 saturated carbocycles. The van der Waals surface area contributed by atoms with Gasteiger partial charge in [0.25, 0.3) is 0 Å². The summed E-state index contributed by atoms with van der Waals surface area (Å²) >= 11 is 12.4. The number of nitrogens with zero attached hydrogens (tertiary/aromatic N) is 1. The molecule has 174 valence electrons. The van der Waals surface area contributed by atoms with Crippen molar-refractivity contribution < 1.29 is 18.7 Å². The number of carbonyl (C=O) groups excluding carboxylic acids is 1. The van der Waals surface area contributed by atoms with Gasteiger partial charge >= 0.3 is 11.6 Å². The van der Waals surface area contributed by atoms with E-state index in [1.54, 1.807) is 12.1 Å². The third-order valence-corrected chi connectivity index (χ3v) is 6.20. The van der Waals surface area contributed by atoms with Crippen LogP contribution in [-0.2, 0) is 29.0 Å². The van der Waals surface area contributed by atoms with E-state index >= 15 is 0 Å². The monoisotopic (exact) mass is 489 g/mol. The molecule has 3 aromatic rings. The Morgan fingerprint density at radius 3 is 2.76 bits per heavy atom. The standard InChI is InChI=1S/C25H25Cl2NO5/c1-3-8-31-22(29)7-5-16-10-19-15(2)9-23(30)33-25(19)20-13-28(14-32-24(16)20)12-17-4-6-18(26)11-21(17)27/h4,6,9-11H,3,5,7-8,12-14H2,1-2H3. The first-order valence-electron chi connectivity index (χ1n) is 10.9. The van der Waals surface area contributed by atoms with E-state index in [1.807, 2.05) is 26.0 Å². The van der Waals surface area contributed by atoms with E-state index in [0.717, 1.165) is 34.1 Å². The fraction of sp³-hybridized carbons (Fsp3) is 0.360. The molecule has 2 aromatic carbocycles. The lowest BCUT2D eigenvalue weighted by molar-refractivity contribution is -0.143. The molecule has 0 fully saturated rings. The number of hydrogen-bond donors (Lipinski definition) is 0. The van der Waals surface area contributed by atoms with Crippen molar-refractivity contribution in [3.63, 3.8) is 0 Å². The van der Waals surface area contributed by atoms with E-state index in [4.69, 9.17) is 37.1 Å². The summed E-state index contributed by atoms with van der Waals surface area (Å²) in [6, 6.07) is 8.83. The molecule has 1 aromatic heterocycles. The van der Waals surface area contributed by atoms with E-state index in [9.17, 15) is 9.59 Å². The minimum absolute atomic E-state index is 0.239. The van der Waals surface area contributed by atoms with Gasteiger partial charge in [0.2, 0.25) is 0 Å². The van der Waals surface area contributed by atoms with Crippen LogP contribution in [0.15, 0.2) is 39.5 Å². The largest absolute Gasteiger partial charge is 0.477 e. The van der Waals surface area contributed by atoms with E-state index in [0.29, 0.717) is 54.2 Å². The molecule has 2 heterocycles. The predicted octanol–water partition coefficient (Wildman–Crippen LogP) is 5.65. The summed E-state index contributed by atoms with van der Waals surface area (Å²) in [4.78, 5) is 26.3. The van der Waals surface area contributed by atoms with Crippen LogP contribution in [0.25, 0.3) is 11.0 Å². The first kappa shape index (κ1) is 23.6. The maximum atomic E-state index is 12.1. The van der Waals surface area contributed by atoms with Crippen molar-refractivity contribution in [2.45, 2.75) is 46.2 Å². The highest BCUT2D eigenvalue weighted by atomic mass is 35.5. The van der Waals surface area contributed by atoms with Crippen LogP contribution in [0.5, 0.6) is 5.75 Å². The van der Waals surface area contributed by atoms with Crippen molar-refractivity contribution >= 4 is 40.1 Å². The average molecular weight is 490 g/mol. The Bertz CT molecular complexity index is 1250. The third kappa shape index (κ3) is 5.35. The van der Waals surface area contributed by atoms with Crippen molar-refractivity contribution in [3.05, 3.63) is 73.1 Å². The van der Waals surface area contributed by atoms with Crippen LogP contribution >= 0.6 is 23.2 Å². The van der Waals surface area contributed by atoms with Gasteiger partial charge in [0, 0.05) is 41.0 Å². The van der Waals surface area contributed by atoms with Crippen LogP contribution in [0, 0.1) is 6.92 Å². The fourth-order valence-electron chi connectivity index (χ4n) is 4.01. The van der Waals surface area contributed by atoms with Crippen LogP contribution < -0.4 is 10.4 Å². The zero-order chi connectivity index (χ0) is 23.5. The second-order valence-electron chi connectivity index (χ2n) is 8.19. The number of halogens is 2. The van der Waals surface area contributed by atoms with Crippen LogP contribution in [0.4, 0.5) is 0 Å². The van der Waals surface area contributed by atoms with Crippen LogP contribution in [0.2, 0.25) is 10.0 Å². The number of benzene rings is 2. The van der Waals surface area contributed by atoms with Gasteiger partial charge in [-0.05, 0) is 54.7 Å². The number of carbonyl (C=O) groups is 1. The van der Waals surface area contributed by atoms with Crippen molar-refractivity contribution in [2.24, 2.45) is 0 Å². The van der Waals surface area contributed by atoms with Crippen molar-refractivity contribution in [1.29, 1.82) is 0 Å². The molecule has 33 heavy (non-hydrogen) atoms. The predicted molar refractivity (Wildman–Crippen MR) is 128 cm³/mol. The molecule has 1 aliphatic heterocycles. The van der Waals surface area contributed by atoms with Crippen LogP contribution in [0.3, 0.4) is 0 Å². The van der Waals surface area contributed by atoms with Gasteiger partial charge in [-0.2, -0.15) is 0 Å². The molecule has 0 spiro atoms. The lowest BCUT2D eigenvalue weighted by atomic mass is 9.97. The normalized spacial score (nSPS) is 13.6. The van der Waals surface area contributed by atoms with Gasteiger partial charge in [-0.3, -0.25) is 9.69 Å². The Morgan fingerprint density at radius 2 is 2.00 bits per heavy atom. The van der Waals surface area contributed by atoms with Gasteiger partial charge in [0.1, 0.15) is 18.1 Å². The highest BCUT2D eigenvalue weighted by Gasteiger charge is 2.26. The summed E-state index contributed by atoms with van der Waals surface area (Å²) in [6.07, 6.45) is 1.51. The van der Waals surface area contributed by atoms with Crippen molar-refractivity contribution in [2.75, 3.05) is 13.3 Å². The molecule has 1 aliphatic rings. The Labute approximate surface area is 202 Å². The second kappa shape index (κ2) is 10.2. The maximum absolute atomic E-state index is 12.1. The molecule has 0 unspecified atom stereocenters. The highest BCUT2D eigenvalue weighted by molar-refractivity contribution is 6.35. The molecular weight excluding hydrogens is 465 g/mol. The third-order valence-electron chi connectivity index (χ3n) is 5.61. The highest BCUT2D eigenvalue weighted by Crippen LogP contribution is 2.38. The second-order valence-corrected chi connectivity index (χ2v) is 9.03. The number of hydrogen-bond acceptors (Lipinski definition) is 6. The number of rotatable bonds is 7. The number of fused-ring (bicyclic) bond motifs is 3. The summed E-state index contributed by atoms with van der Waals surface area (Å²) in [6.45, 7) is 5.63. The van der Waals surface area contributed by atoms with E-state index in [-0.39, 0.29) is 12.4 Å². The zero-order valence-corrected chi connectivity index (χ0v) is 20.1. The molecule has 0 bridgehead atoms. The van der Waals surface area contributed by atoms with Crippen molar-refractivity contribution in [3.8, 4) is 5.75 Å². The lowest BCUT2D eigenvalue weighted by Gasteiger charge is -2.31. The summed E-state index contributed by atoms with van der Waals surface area (Å²) < 4.78 is 17.0. The molecule has 0 radical (unpaired) electrons. The lowest BCUT2D eigenvalue weighted by Crippen LogP contribution is -2.32. The molecule has 8 heteroatoms. The Balaban J connectivity index is 1.67. The summed E-state index contributed by atoms with van der Waals surface area (Å²) in [5, 5.41) is 1.99. The molecule has 0 saturated heterocycles. The number of ether oxygens (including phenoxy) is 2. The minimum atomic E-state index is -0.407. The van der Waals surface area contributed by atoms with Gasteiger partial charge in [-0.15, -0.1) is 0 Å².